The van der Waals surface area contributed by atoms with Gasteiger partial charge in [-0.2, -0.15) is 0 Å². The molecule has 0 radical (unpaired) electrons. The van der Waals surface area contributed by atoms with Gasteiger partial charge in [-0.1, -0.05) is 19.1 Å². The summed E-state index contributed by atoms with van der Waals surface area (Å²) >= 11 is 0. The van der Waals surface area contributed by atoms with Crippen LogP contribution in [0.1, 0.15) is 24.5 Å². The number of nitrogens with zero attached hydrogens (tertiary/aromatic N) is 2. The van der Waals surface area contributed by atoms with Crippen molar-refractivity contribution in [3.8, 4) is 5.75 Å². The fraction of sp³-hybridized carbons (Fsp3) is 0.269. The maximum atomic E-state index is 13.7. The molecule has 35 heavy (non-hydrogen) atoms. The minimum Gasteiger partial charge on any atom is -0.497 e. The van der Waals surface area contributed by atoms with Crippen molar-refractivity contribution in [2.45, 2.75) is 31.3 Å². The van der Waals surface area contributed by atoms with Crippen LogP contribution in [0.4, 0.5) is 15.8 Å². The van der Waals surface area contributed by atoms with Crippen molar-refractivity contribution >= 4 is 27.3 Å². The first-order valence-electron chi connectivity index (χ1n) is 11.1. The van der Waals surface area contributed by atoms with E-state index in [2.05, 4.69) is 4.72 Å². The number of hydrogen-bond donors (Lipinski definition) is 1. The van der Waals surface area contributed by atoms with Gasteiger partial charge in [0.05, 0.1) is 12.0 Å². The van der Waals surface area contributed by atoms with E-state index in [0.29, 0.717) is 17.0 Å². The smallest absolute Gasteiger partial charge is 0.261 e. The lowest BCUT2D eigenvalue weighted by Crippen LogP contribution is -2.30. The molecule has 3 rings (SSSR count). The van der Waals surface area contributed by atoms with Crippen LogP contribution < -0.4 is 14.4 Å². The van der Waals surface area contributed by atoms with Gasteiger partial charge in [0.25, 0.3) is 10.0 Å². The second-order valence-corrected chi connectivity index (χ2v) is 9.93. The normalized spacial score (nSPS) is 11.1. The molecule has 0 atom stereocenters. The van der Waals surface area contributed by atoms with Gasteiger partial charge in [0, 0.05) is 45.0 Å². The zero-order chi connectivity index (χ0) is 25.6. The number of carbonyl (C=O) groups is 1. The van der Waals surface area contributed by atoms with E-state index >= 15 is 0 Å². The lowest BCUT2D eigenvalue weighted by molar-refractivity contribution is -0.132. The predicted molar refractivity (Wildman–Crippen MR) is 136 cm³/mol. The van der Waals surface area contributed by atoms with Gasteiger partial charge in [0.1, 0.15) is 11.6 Å². The largest absolute Gasteiger partial charge is 0.497 e. The van der Waals surface area contributed by atoms with E-state index in [0.717, 1.165) is 11.3 Å². The molecule has 0 heterocycles. The van der Waals surface area contributed by atoms with E-state index in [4.69, 9.17) is 4.74 Å². The summed E-state index contributed by atoms with van der Waals surface area (Å²) in [5.41, 5.74) is 2.64. The number of amides is 1. The number of carbonyl (C=O) groups excluding carboxylic acids is 1. The molecule has 0 saturated heterocycles. The van der Waals surface area contributed by atoms with Gasteiger partial charge in [-0.3, -0.25) is 9.52 Å². The molecule has 0 aliphatic heterocycles. The number of anilines is 2. The molecule has 7 nitrogen and oxygen atoms in total. The Labute approximate surface area is 206 Å². The maximum absolute atomic E-state index is 13.7. The Balaban J connectivity index is 1.91. The van der Waals surface area contributed by atoms with Gasteiger partial charge >= 0.3 is 0 Å². The molecule has 1 amide bonds. The van der Waals surface area contributed by atoms with E-state index in [1.54, 1.807) is 54.3 Å². The Kier molecular flexibility index (Phi) is 8.34. The molecule has 186 valence electrons. The summed E-state index contributed by atoms with van der Waals surface area (Å²) in [6.07, 6.45) is 0.288. The van der Waals surface area contributed by atoms with Gasteiger partial charge < -0.3 is 14.5 Å². The first kappa shape index (κ1) is 26.0. The average molecular weight is 500 g/mol. The quantitative estimate of drug-likeness (QED) is 0.440. The van der Waals surface area contributed by atoms with E-state index in [9.17, 15) is 17.6 Å². The summed E-state index contributed by atoms with van der Waals surface area (Å²) in [6, 6.07) is 17.4. The van der Waals surface area contributed by atoms with Gasteiger partial charge in [-0.25, -0.2) is 12.8 Å². The third kappa shape index (κ3) is 6.73. The molecule has 0 spiro atoms. The van der Waals surface area contributed by atoms with E-state index in [1.165, 1.54) is 31.4 Å². The zero-order valence-electron chi connectivity index (χ0n) is 20.3. The fourth-order valence-corrected chi connectivity index (χ4v) is 4.75. The molecular weight excluding hydrogens is 469 g/mol. The number of benzene rings is 3. The van der Waals surface area contributed by atoms with E-state index in [1.807, 2.05) is 19.0 Å². The minimum absolute atomic E-state index is 0.0943. The Morgan fingerprint density at radius 3 is 2.31 bits per heavy atom. The van der Waals surface area contributed by atoms with Crippen molar-refractivity contribution in [3.05, 3.63) is 83.7 Å². The molecule has 0 aliphatic rings. The van der Waals surface area contributed by atoms with Crippen LogP contribution in [0.2, 0.25) is 0 Å². The van der Waals surface area contributed by atoms with Gasteiger partial charge in [0.2, 0.25) is 5.91 Å². The maximum Gasteiger partial charge on any atom is 0.261 e. The fourth-order valence-electron chi connectivity index (χ4n) is 3.70. The van der Waals surface area contributed by atoms with Crippen LogP contribution in [-0.4, -0.2) is 40.4 Å². The van der Waals surface area contributed by atoms with E-state index < -0.39 is 10.0 Å². The van der Waals surface area contributed by atoms with Crippen LogP contribution in [0.25, 0.3) is 0 Å². The van der Waals surface area contributed by atoms with Crippen LogP contribution in [0.3, 0.4) is 0 Å². The SMILES string of the molecule is CCC(=O)N(Cc1cccc(F)c1)Cc1cc(NS(=O)(=O)c2ccc(OC)cc2)ccc1N(C)C. The number of halogens is 1. The highest BCUT2D eigenvalue weighted by molar-refractivity contribution is 7.92. The van der Waals surface area contributed by atoms with Gasteiger partial charge in [0.15, 0.2) is 0 Å². The second-order valence-electron chi connectivity index (χ2n) is 8.25. The molecule has 3 aromatic rings. The summed E-state index contributed by atoms with van der Waals surface area (Å²) < 4.78 is 47.3. The summed E-state index contributed by atoms with van der Waals surface area (Å²) in [6.45, 7) is 2.24. The highest BCUT2D eigenvalue weighted by atomic mass is 32.2. The molecular formula is C26H30FN3O4S. The van der Waals surface area contributed by atoms with Crippen LogP contribution in [-0.2, 0) is 27.9 Å². The number of hydrogen-bond acceptors (Lipinski definition) is 5. The summed E-state index contributed by atoms with van der Waals surface area (Å²) in [5.74, 6) is 0.0963. The summed E-state index contributed by atoms with van der Waals surface area (Å²) in [7, 11) is 1.43. The van der Waals surface area contributed by atoms with Crippen LogP contribution >= 0.6 is 0 Å². The van der Waals surface area contributed by atoms with Crippen molar-refractivity contribution in [3.63, 3.8) is 0 Å². The minimum atomic E-state index is -3.83. The van der Waals surface area contributed by atoms with Crippen molar-refractivity contribution in [2.75, 3.05) is 30.8 Å². The second kappa shape index (κ2) is 11.2. The third-order valence-electron chi connectivity index (χ3n) is 5.46. The standard InChI is InChI=1S/C26H30FN3O4S/c1-5-26(31)30(17-19-7-6-8-21(27)15-19)18-20-16-22(9-14-25(20)29(2)3)28-35(32,33)24-12-10-23(34-4)11-13-24/h6-16,28H,5,17-18H2,1-4H3. The first-order chi connectivity index (χ1) is 16.6. The molecule has 0 fully saturated rings. The first-order valence-corrected chi connectivity index (χ1v) is 12.6. The molecule has 0 aromatic heterocycles. The van der Waals surface area contributed by atoms with Crippen molar-refractivity contribution in [1.29, 1.82) is 0 Å². The lowest BCUT2D eigenvalue weighted by Gasteiger charge is -2.26. The Bertz CT molecular complexity index is 1280. The molecule has 3 aromatic carbocycles. The molecule has 0 aliphatic carbocycles. The number of rotatable bonds is 10. The Hall–Kier alpha value is -3.59. The van der Waals surface area contributed by atoms with Crippen LogP contribution in [0.15, 0.2) is 71.6 Å². The van der Waals surface area contributed by atoms with Crippen molar-refractivity contribution < 1.29 is 22.3 Å². The number of ether oxygens (including phenoxy) is 1. The Morgan fingerprint density at radius 2 is 1.71 bits per heavy atom. The van der Waals surface area contributed by atoms with Gasteiger partial charge in [-0.05, 0) is 65.7 Å². The summed E-state index contributed by atoms with van der Waals surface area (Å²) in [4.78, 5) is 16.4. The van der Waals surface area contributed by atoms with Crippen LogP contribution in [0.5, 0.6) is 5.75 Å². The summed E-state index contributed by atoms with van der Waals surface area (Å²) in [5, 5.41) is 0. The topological polar surface area (TPSA) is 79.0 Å². The van der Waals surface area contributed by atoms with Crippen molar-refractivity contribution in [1.82, 2.24) is 4.90 Å². The number of sulfonamides is 1. The number of methoxy groups -OCH3 is 1. The highest BCUT2D eigenvalue weighted by Gasteiger charge is 2.19. The molecule has 1 N–H and O–H groups in total. The number of nitrogens with one attached hydrogen (secondary N) is 1. The molecule has 0 bridgehead atoms. The van der Waals surface area contributed by atoms with E-state index in [-0.39, 0.29) is 36.1 Å². The van der Waals surface area contributed by atoms with Crippen LogP contribution in [0, 0.1) is 5.82 Å². The average Bonchev–Trinajstić information content (AvgIpc) is 2.83. The highest BCUT2D eigenvalue weighted by Crippen LogP contribution is 2.27. The lowest BCUT2D eigenvalue weighted by atomic mass is 10.1. The van der Waals surface area contributed by atoms with Gasteiger partial charge in [-0.15, -0.1) is 0 Å². The van der Waals surface area contributed by atoms with Crippen molar-refractivity contribution in [2.24, 2.45) is 0 Å². The molecule has 0 saturated carbocycles. The molecule has 0 unspecified atom stereocenters. The third-order valence-corrected chi connectivity index (χ3v) is 6.86. The Morgan fingerprint density at radius 1 is 1.00 bits per heavy atom. The zero-order valence-corrected chi connectivity index (χ0v) is 21.1. The predicted octanol–water partition coefficient (Wildman–Crippen LogP) is 4.64. The molecule has 9 heteroatoms. The monoisotopic (exact) mass is 499 g/mol.